The molecule has 1 aliphatic carbocycles. The van der Waals surface area contributed by atoms with Gasteiger partial charge < -0.3 is 20.7 Å². The van der Waals surface area contributed by atoms with Crippen LogP contribution in [0.4, 0.5) is 0 Å². The number of hydrogen-bond acceptors (Lipinski definition) is 4. The minimum absolute atomic E-state index is 0.132. The van der Waals surface area contributed by atoms with Gasteiger partial charge in [0.2, 0.25) is 5.75 Å². The van der Waals surface area contributed by atoms with Crippen LogP contribution in [0.1, 0.15) is 17.9 Å². The van der Waals surface area contributed by atoms with Gasteiger partial charge in [-0.15, -0.1) is 0 Å². The maximum Gasteiger partial charge on any atom is 0.200 e. The second-order valence-corrected chi connectivity index (χ2v) is 3.93. The first-order chi connectivity index (χ1) is 7.17. The summed E-state index contributed by atoms with van der Waals surface area (Å²) in [6.45, 7) is 0.661. The lowest BCUT2D eigenvalue weighted by Gasteiger charge is -2.08. The quantitative estimate of drug-likeness (QED) is 0.653. The average molecular weight is 209 g/mol. The summed E-state index contributed by atoms with van der Waals surface area (Å²) in [7, 11) is 1.46. The van der Waals surface area contributed by atoms with Crippen molar-refractivity contribution in [1.82, 2.24) is 0 Å². The third-order valence-electron chi connectivity index (χ3n) is 2.95. The number of rotatable bonds is 3. The van der Waals surface area contributed by atoms with E-state index in [0.29, 0.717) is 24.1 Å². The molecule has 2 rings (SSSR count). The first-order valence-electron chi connectivity index (χ1n) is 4.97. The molecular weight excluding hydrogens is 194 g/mol. The Morgan fingerprint density at radius 3 is 2.73 bits per heavy atom. The predicted molar refractivity (Wildman–Crippen MR) is 56.2 cm³/mol. The summed E-state index contributed by atoms with van der Waals surface area (Å²) >= 11 is 0. The molecule has 1 aliphatic rings. The number of hydrogen-bond donors (Lipinski definition) is 3. The van der Waals surface area contributed by atoms with Gasteiger partial charge in [0.15, 0.2) is 11.5 Å². The van der Waals surface area contributed by atoms with Gasteiger partial charge in [-0.25, -0.2) is 0 Å². The maximum absolute atomic E-state index is 9.49. The molecule has 15 heavy (non-hydrogen) atoms. The fourth-order valence-corrected chi connectivity index (χ4v) is 1.90. The average Bonchev–Trinajstić information content (AvgIpc) is 3.01. The normalized spacial score (nSPS) is 23.9. The summed E-state index contributed by atoms with van der Waals surface area (Å²) < 4.78 is 4.97. The first-order valence-corrected chi connectivity index (χ1v) is 4.97. The molecular formula is C11H15NO3. The Balaban J connectivity index is 2.30. The Morgan fingerprint density at radius 1 is 1.47 bits per heavy atom. The van der Waals surface area contributed by atoms with E-state index < -0.39 is 0 Å². The SMILES string of the molecule is COc1cc(C2CC2CN)cc(O)c1O. The third kappa shape index (κ3) is 1.72. The number of aromatic hydroxyl groups is 2. The molecule has 0 aromatic heterocycles. The van der Waals surface area contributed by atoms with Crippen LogP contribution in [0.15, 0.2) is 12.1 Å². The van der Waals surface area contributed by atoms with Crippen LogP contribution in [-0.4, -0.2) is 23.9 Å². The van der Waals surface area contributed by atoms with Crippen LogP contribution < -0.4 is 10.5 Å². The van der Waals surface area contributed by atoms with Crippen molar-refractivity contribution in [1.29, 1.82) is 0 Å². The molecule has 82 valence electrons. The van der Waals surface area contributed by atoms with E-state index >= 15 is 0 Å². The van der Waals surface area contributed by atoms with Gasteiger partial charge in [0, 0.05) is 0 Å². The standard InChI is InChI=1S/C11H15NO3/c1-15-10-4-6(3-9(13)11(10)14)8-2-7(8)5-12/h3-4,7-8,13-14H,2,5,12H2,1H3. The molecule has 1 aromatic rings. The molecule has 0 bridgehead atoms. The molecule has 0 spiro atoms. The topological polar surface area (TPSA) is 75.7 Å². The highest BCUT2D eigenvalue weighted by Gasteiger charge is 2.37. The van der Waals surface area contributed by atoms with Crippen molar-refractivity contribution in [2.75, 3.05) is 13.7 Å². The second kappa shape index (κ2) is 3.62. The van der Waals surface area contributed by atoms with Gasteiger partial charge in [-0.1, -0.05) is 0 Å². The molecule has 0 aliphatic heterocycles. The van der Waals surface area contributed by atoms with Crippen molar-refractivity contribution in [3.63, 3.8) is 0 Å². The monoisotopic (exact) mass is 209 g/mol. The molecule has 1 fully saturated rings. The van der Waals surface area contributed by atoms with E-state index in [2.05, 4.69) is 0 Å². The van der Waals surface area contributed by atoms with E-state index in [-0.39, 0.29) is 11.5 Å². The fraction of sp³-hybridized carbons (Fsp3) is 0.455. The molecule has 4 nitrogen and oxygen atoms in total. The first kappa shape index (κ1) is 10.1. The van der Waals surface area contributed by atoms with Crippen LogP contribution in [0, 0.1) is 5.92 Å². The zero-order valence-electron chi connectivity index (χ0n) is 8.60. The Labute approximate surface area is 88.3 Å². The van der Waals surface area contributed by atoms with E-state index in [1.165, 1.54) is 7.11 Å². The molecule has 1 saturated carbocycles. The number of phenolic OH excluding ortho intramolecular Hbond substituents is 2. The van der Waals surface area contributed by atoms with Crippen LogP contribution in [0.2, 0.25) is 0 Å². The summed E-state index contributed by atoms with van der Waals surface area (Å²) in [6.07, 6.45) is 1.05. The van der Waals surface area contributed by atoms with Crippen molar-refractivity contribution in [2.45, 2.75) is 12.3 Å². The van der Waals surface area contributed by atoms with Crippen molar-refractivity contribution in [3.8, 4) is 17.2 Å². The van der Waals surface area contributed by atoms with E-state index in [1.807, 2.05) is 0 Å². The molecule has 0 radical (unpaired) electrons. The lowest BCUT2D eigenvalue weighted by molar-refractivity contribution is 0.350. The lowest BCUT2D eigenvalue weighted by atomic mass is 10.1. The highest BCUT2D eigenvalue weighted by Crippen LogP contribution is 2.50. The van der Waals surface area contributed by atoms with Crippen LogP contribution >= 0.6 is 0 Å². The molecule has 0 heterocycles. The minimum Gasteiger partial charge on any atom is -0.504 e. The van der Waals surface area contributed by atoms with Crippen LogP contribution in [-0.2, 0) is 0 Å². The highest BCUT2D eigenvalue weighted by molar-refractivity contribution is 5.53. The van der Waals surface area contributed by atoms with E-state index in [1.54, 1.807) is 12.1 Å². The van der Waals surface area contributed by atoms with Crippen molar-refractivity contribution in [2.24, 2.45) is 11.7 Å². The van der Waals surface area contributed by atoms with Crippen molar-refractivity contribution < 1.29 is 14.9 Å². The van der Waals surface area contributed by atoms with E-state index in [9.17, 15) is 10.2 Å². The van der Waals surface area contributed by atoms with Gasteiger partial charge in [-0.05, 0) is 42.5 Å². The molecule has 2 atom stereocenters. The summed E-state index contributed by atoms with van der Waals surface area (Å²) in [5, 5.41) is 18.9. The number of phenols is 2. The van der Waals surface area contributed by atoms with Gasteiger partial charge in [0.25, 0.3) is 0 Å². The third-order valence-corrected chi connectivity index (χ3v) is 2.95. The Morgan fingerprint density at radius 2 is 2.20 bits per heavy atom. The smallest absolute Gasteiger partial charge is 0.200 e. The molecule has 1 aromatic carbocycles. The summed E-state index contributed by atoms with van der Waals surface area (Å²) in [5.41, 5.74) is 6.54. The van der Waals surface area contributed by atoms with Gasteiger partial charge >= 0.3 is 0 Å². The Bertz CT molecular complexity index is 378. The van der Waals surface area contributed by atoms with Gasteiger partial charge in [0.05, 0.1) is 7.11 Å². The predicted octanol–water partition coefficient (Wildman–Crippen LogP) is 1.17. The molecule has 0 amide bonds. The maximum atomic E-state index is 9.49. The van der Waals surface area contributed by atoms with Crippen LogP contribution in [0.3, 0.4) is 0 Å². The summed E-state index contributed by atoms with van der Waals surface area (Å²) in [4.78, 5) is 0. The van der Waals surface area contributed by atoms with Gasteiger partial charge in [-0.2, -0.15) is 0 Å². The number of benzene rings is 1. The van der Waals surface area contributed by atoms with E-state index in [0.717, 1.165) is 12.0 Å². The fourth-order valence-electron chi connectivity index (χ4n) is 1.90. The number of nitrogens with two attached hydrogens (primary N) is 1. The second-order valence-electron chi connectivity index (χ2n) is 3.93. The van der Waals surface area contributed by atoms with Crippen molar-refractivity contribution in [3.05, 3.63) is 17.7 Å². The highest BCUT2D eigenvalue weighted by atomic mass is 16.5. The van der Waals surface area contributed by atoms with E-state index in [4.69, 9.17) is 10.5 Å². The molecule has 2 unspecified atom stereocenters. The number of ether oxygens (including phenoxy) is 1. The largest absolute Gasteiger partial charge is 0.504 e. The summed E-state index contributed by atoms with van der Waals surface area (Å²) in [6, 6.07) is 3.34. The molecule has 4 N–H and O–H groups in total. The molecule has 4 heteroatoms. The van der Waals surface area contributed by atoms with Crippen LogP contribution in [0.5, 0.6) is 17.2 Å². The lowest BCUT2D eigenvalue weighted by Crippen LogP contribution is -2.02. The summed E-state index contributed by atoms with van der Waals surface area (Å²) in [5.74, 6) is 0.875. The van der Waals surface area contributed by atoms with Crippen molar-refractivity contribution >= 4 is 0 Å². The number of methoxy groups -OCH3 is 1. The Kier molecular flexibility index (Phi) is 2.44. The zero-order valence-corrected chi connectivity index (χ0v) is 8.60. The Hall–Kier alpha value is -1.42. The van der Waals surface area contributed by atoms with Gasteiger partial charge in [-0.3, -0.25) is 0 Å². The van der Waals surface area contributed by atoms with Crippen LogP contribution in [0.25, 0.3) is 0 Å². The minimum atomic E-state index is -0.203. The zero-order chi connectivity index (χ0) is 11.0. The molecule has 0 saturated heterocycles. The van der Waals surface area contributed by atoms with Gasteiger partial charge in [0.1, 0.15) is 0 Å².